The van der Waals surface area contributed by atoms with E-state index < -0.39 is 0 Å². The Morgan fingerprint density at radius 2 is 1.94 bits per heavy atom. The summed E-state index contributed by atoms with van der Waals surface area (Å²) in [6.45, 7) is 1.97. The number of hydrogen-bond donors (Lipinski definition) is 1. The summed E-state index contributed by atoms with van der Waals surface area (Å²) in [5.41, 5.74) is 0.931. The van der Waals surface area contributed by atoms with E-state index in [1.54, 1.807) is 0 Å². The van der Waals surface area contributed by atoms with Crippen molar-refractivity contribution in [3.8, 4) is 0 Å². The number of halogens is 1. The molecule has 0 aliphatic rings. The molecule has 1 atom stereocenters. The molecule has 0 saturated carbocycles. The molecular formula is C14H18ClNO2. The molecule has 1 aromatic carbocycles. The Hall–Kier alpha value is -1.35. The Morgan fingerprint density at radius 3 is 2.50 bits per heavy atom. The van der Waals surface area contributed by atoms with Crippen LogP contribution in [-0.2, 0) is 9.59 Å². The van der Waals surface area contributed by atoms with Crippen molar-refractivity contribution in [1.29, 1.82) is 0 Å². The zero-order chi connectivity index (χ0) is 13.4. The Labute approximate surface area is 113 Å². The topological polar surface area (TPSA) is 46.2 Å². The minimum absolute atomic E-state index is 0.0920. The molecule has 98 valence electrons. The van der Waals surface area contributed by atoms with Gasteiger partial charge >= 0.3 is 0 Å². The summed E-state index contributed by atoms with van der Waals surface area (Å²) >= 11 is 5.48. The summed E-state index contributed by atoms with van der Waals surface area (Å²) in [7, 11) is 0. The van der Waals surface area contributed by atoms with Crippen LogP contribution < -0.4 is 5.32 Å². The number of nitrogens with one attached hydrogen (secondary N) is 1. The van der Waals surface area contributed by atoms with Crippen molar-refractivity contribution in [3.05, 3.63) is 35.9 Å². The van der Waals surface area contributed by atoms with E-state index in [2.05, 4.69) is 5.32 Å². The zero-order valence-corrected chi connectivity index (χ0v) is 11.2. The van der Waals surface area contributed by atoms with E-state index in [0.29, 0.717) is 12.8 Å². The molecule has 1 rings (SSSR count). The van der Waals surface area contributed by atoms with Crippen LogP contribution in [-0.4, -0.2) is 17.6 Å². The lowest BCUT2D eigenvalue weighted by Crippen LogP contribution is -2.30. The molecule has 1 N–H and O–H groups in total. The van der Waals surface area contributed by atoms with Crippen molar-refractivity contribution in [2.45, 2.75) is 32.2 Å². The van der Waals surface area contributed by atoms with Crippen LogP contribution in [0.5, 0.6) is 0 Å². The summed E-state index contributed by atoms with van der Waals surface area (Å²) in [6.07, 6.45) is 1.68. The molecule has 1 aromatic rings. The minimum Gasteiger partial charge on any atom is -0.348 e. The van der Waals surface area contributed by atoms with E-state index in [-0.39, 0.29) is 23.6 Å². The lowest BCUT2D eigenvalue weighted by molar-refractivity contribution is -0.121. The molecule has 0 aliphatic heterocycles. The quantitative estimate of drug-likeness (QED) is 0.772. The number of rotatable bonds is 7. The minimum atomic E-state index is -0.281. The second kappa shape index (κ2) is 7.88. The summed E-state index contributed by atoms with van der Waals surface area (Å²) in [6, 6.07) is 9.20. The van der Waals surface area contributed by atoms with Gasteiger partial charge in [0, 0.05) is 12.8 Å². The van der Waals surface area contributed by atoms with Crippen molar-refractivity contribution in [3.63, 3.8) is 0 Å². The molecule has 1 amide bonds. The van der Waals surface area contributed by atoms with Gasteiger partial charge in [0.2, 0.25) is 5.91 Å². The van der Waals surface area contributed by atoms with Crippen LogP contribution in [0.3, 0.4) is 0 Å². The molecule has 4 heteroatoms. The first-order chi connectivity index (χ1) is 8.67. The van der Waals surface area contributed by atoms with Gasteiger partial charge in [-0.3, -0.25) is 9.59 Å². The molecule has 0 bridgehead atoms. The highest BCUT2D eigenvalue weighted by Gasteiger charge is 2.17. The fraction of sp³-hybridized carbons (Fsp3) is 0.429. The number of benzene rings is 1. The summed E-state index contributed by atoms with van der Waals surface area (Å²) < 4.78 is 0. The third kappa shape index (κ3) is 4.88. The van der Waals surface area contributed by atoms with Crippen molar-refractivity contribution in [2.75, 3.05) is 5.88 Å². The largest absolute Gasteiger partial charge is 0.348 e. The highest BCUT2D eigenvalue weighted by molar-refractivity contribution is 6.27. The molecule has 0 spiro atoms. The van der Waals surface area contributed by atoms with E-state index >= 15 is 0 Å². The number of carbonyl (C=O) groups is 2. The lowest BCUT2D eigenvalue weighted by atomic mass is 9.99. The third-order valence-electron chi connectivity index (χ3n) is 2.62. The van der Waals surface area contributed by atoms with Gasteiger partial charge in [-0.2, -0.15) is 0 Å². The van der Waals surface area contributed by atoms with Crippen molar-refractivity contribution in [1.82, 2.24) is 5.32 Å². The van der Waals surface area contributed by atoms with Crippen molar-refractivity contribution < 1.29 is 9.59 Å². The maximum Gasteiger partial charge on any atom is 0.235 e. The predicted molar refractivity (Wildman–Crippen MR) is 72.6 cm³/mol. The zero-order valence-electron chi connectivity index (χ0n) is 10.5. The van der Waals surface area contributed by atoms with E-state index in [1.165, 1.54) is 0 Å². The van der Waals surface area contributed by atoms with E-state index in [4.69, 9.17) is 11.6 Å². The average molecular weight is 268 g/mol. The van der Waals surface area contributed by atoms with Gasteiger partial charge in [0.25, 0.3) is 0 Å². The standard InChI is InChI=1S/C14H18ClNO2/c1-2-6-12(17)9-13(16-14(18)10-15)11-7-4-3-5-8-11/h3-5,7-8,13H,2,6,9-10H2,1H3,(H,16,18). The lowest BCUT2D eigenvalue weighted by Gasteiger charge is -2.18. The maximum atomic E-state index is 11.7. The van der Waals surface area contributed by atoms with Crippen LogP contribution in [0, 0.1) is 0 Å². The first-order valence-electron chi connectivity index (χ1n) is 6.09. The third-order valence-corrected chi connectivity index (χ3v) is 2.86. The van der Waals surface area contributed by atoms with Crippen LogP contribution in [0.1, 0.15) is 37.8 Å². The second-order valence-electron chi connectivity index (χ2n) is 4.16. The average Bonchev–Trinajstić information content (AvgIpc) is 2.39. The van der Waals surface area contributed by atoms with Gasteiger partial charge in [-0.15, -0.1) is 11.6 Å². The number of carbonyl (C=O) groups excluding carboxylic acids is 2. The van der Waals surface area contributed by atoms with Gasteiger partial charge in [0.15, 0.2) is 0 Å². The first-order valence-corrected chi connectivity index (χ1v) is 6.62. The first kappa shape index (κ1) is 14.7. The fourth-order valence-electron chi connectivity index (χ4n) is 1.78. The van der Waals surface area contributed by atoms with Crippen LogP contribution in [0.4, 0.5) is 0 Å². The molecule has 0 aliphatic carbocycles. The number of hydrogen-bond acceptors (Lipinski definition) is 2. The number of Topliss-reactive ketones (excluding diaryl/α,β-unsaturated/α-hetero) is 1. The molecular weight excluding hydrogens is 250 g/mol. The molecule has 0 heterocycles. The van der Waals surface area contributed by atoms with Crippen LogP contribution in [0.2, 0.25) is 0 Å². The van der Waals surface area contributed by atoms with Crippen molar-refractivity contribution >= 4 is 23.3 Å². The van der Waals surface area contributed by atoms with Crippen LogP contribution in [0.25, 0.3) is 0 Å². The predicted octanol–water partition coefficient (Wildman–Crippen LogP) is 2.84. The summed E-state index contributed by atoms with van der Waals surface area (Å²) in [5, 5.41) is 2.78. The SMILES string of the molecule is CCCC(=O)CC(NC(=O)CCl)c1ccccc1. The smallest absolute Gasteiger partial charge is 0.235 e. The monoisotopic (exact) mass is 267 g/mol. The number of alkyl halides is 1. The molecule has 1 unspecified atom stereocenters. The second-order valence-corrected chi connectivity index (χ2v) is 4.42. The van der Waals surface area contributed by atoms with Crippen LogP contribution in [0.15, 0.2) is 30.3 Å². The summed E-state index contributed by atoms with van der Waals surface area (Å²) in [5.74, 6) is -0.193. The van der Waals surface area contributed by atoms with E-state index in [1.807, 2.05) is 37.3 Å². The maximum absolute atomic E-state index is 11.7. The van der Waals surface area contributed by atoms with Crippen LogP contribution >= 0.6 is 11.6 Å². The summed E-state index contributed by atoms with van der Waals surface area (Å²) in [4.78, 5) is 23.1. The Bertz CT molecular complexity index is 392. The molecule has 0 aromatic heterocycles. The molecule has 0 radical (unpaired) electrons. The van der Waals surface area contributed by atoms with Gasteiger partial charge in [0.1, 0.15) is 11.7 Å². The van der Waals surface area contributed by atoms with Gasteiger partial charge in [-0.05, 0) is 12.0 Å². The Kier molecular flexibility index (Phi) is 6.44. The van der Waals surface area contributed by atoms with Gasteiger partial charge < -0.3 is 5.32 Å². The van der Waals surface area contributed by atoms with Crippen molar-refractivity contribution in [2.24, 2.45) is 0 Å². The van der Waals surface area contributed by atoms with E-state index in [9.17, 15) is 9.59 Å². The van der Waals surface area contributed by atoms with Gasteiger partial charge in [0.05, 0.1) is 6.04 Å². The van der Waals surface area contributed by atoms with Gasteiger partial charge in [-0.1, -0.05) is 37.3 Å². The molecule has 0 fully saturated rings. The molecule has 0 saturated heterocycles. The highest BCUT2D eigenvalue weighted by atomic mass is 35.5. The highest BCUT2D eigenvalue weighted by Crippen LogP contribution is 2.18. The number of amides is 1. The fourth-order valence-corrected chi connectivity index (χ4v) is 1.86. The Balaban J connectivity index is 2.75. The van der Waals surface area contributed by atoms with E-state index in [0.717, 1.165) is 12.0 Å². The Morgan fingerprint density at radius 1 is 1.28 bits per heavy atom. The number of ketones is 1. The molecule has 18 heavy (non-hydrogen) atoms. The van der Waals surface area contributed by atoms with Gasteiger partial charge in [-0.25, -0.2) is 0 Å². The normalized spacial score (nSPS) is 11.9. The molecule has 3 nitrogen and oxygen atoms in total.